The topological polar surface area (TPSA) is 117 Å². The summed E-state index contributed by atoms with van der Waals surface area (Å²) in [6.07, 6.45) is 3.69. The molecule has 0 spiro atoms. The summed E-state index contributed by atoms with van der Waals surface area (Å²) in [7, 11) is 3.10. The molecule has 4 aromatic carbocycles. The van der Waals surface area contributed by atoms with Crippen LogP contribution in [0.2, 0.25) is 0 Å². The van der Waals surface area contributed by atoms with E-state index in [-0.39, 0.29) is 23.9 Å². The number of amides is 1. The number of fused-ring (bicyclic) bond motifs is 2. The Hall–Kier alpha value is -6.16. The van der Waals surface area contributed by atoms with Crippen LogP contribution in [0.1, 0.15) is 16.7 Å². The summed E-state index contributed by atoms with van der Waals surface area (Å²) >= 11 is 0. The van der Waals surface area contributed by atoms with Crippen LogP contribution in [-0.4, -0.2) is 42.6 Å². The van der Waals surface area contributed by atoms with Crippen LogP contribution in [0, 0.1) is 6.92 Å². The van der Waals surface area contributed by atoms with Crippen LogP contribution in [0.5, 0.6) is 17.2 Å². The molecule has 0 fully saturated rings. The largest absolute Gasteiger partial charge is 0.496 e. The third-order valence-corrected chi connectivity index (χ3v) is 7.54. The van der Waals surface area contributed by atoms with Gasteiger partial charge in [-0.3, -0.25) is 9.59 Å². The monoisotopic (exact) mass is 628 g/mol. The molecule has 10 heteroatoms. The van der Waals surface area contributed by atoms with E-state index in [0.29, 0.717) is 57.2 Å². The number of ether oxygens (including phenoxy) is 3. The molecule has 47 heavy (non-hydrogen) atoms. The highest BCUT2D eigenvalue weighted by atomic mass is 16.5. The minimum Gasteiger partial charge on any atom is -0.496 e. The lowest BCUT2D eigenvalue weighted by atomic mass is 10.1. The summed E-state index contributed by atoms with van der Waals surface area (Å²) in [5.41, 5.74) is 3.72. The second-order valence-corrected chi connectivity index (χ2v) is 10.7. The Labute approximate surface area is 270 Å². The summed E-state index contributed by atoms with van der Waals surface area (Å²) in [5.74, 6) is 1.69. The van der Waals surface area contributed by atoms with Crippen molar-refractivity contribution < 1.29 is 23.4 Å². The molecule has 0 aliphatic carbocycles. The summed E-state index contributed by atoms with van der Waals surface area (Å²) in [4.78, 5) is 31.3. The number of rotatable bonds is 11. The van der Waals surface area contributed by atoms with E-state index in [1.807, 2.05) is 61.5 Å². The molecule has 0 aliphatic rings. The number of hydrogen-bond donors (Lipinski definition) is 1. The molecule has 0 saturated carbocycles. The Morgan fingerprint density at radius 2 is 1.77 bits per heavy atom. The maximum Gasteiger partial charge on any atom is 0.282 e. The number of furan rings is 1. The number of allylic oxidation sites excluding steroid dienone is 1. The zero-order chi connectivity index (χ0) is 32.9. The predicted molar refractivity (Wildman–Crippen MR) is 183 cm³/mol. The Morgan fingerprint density at radius 1 is 0.979 bits per heavy atom. The lowest BCUT2D eigenvalue weighted by Gasteiger charge is -2.16. The van der Waals surface area contributed by atoms with Gasteiger partial charge >= 0.3 is 0 Å². The Balaban J connectivity index is 1.37. The number of hydrogen-bond acceptors (Lipinski definition) is 8. The van der Waals surface area contributed by atoms with Crippen molar-refractivity contribution in [1.82, 2.24) is 9.66 Å². The van der Waals surface area contributed by atoms with Gasteiger partial charge in [-0.2, -0.15) is 9.78 Å². The maximum atomic E-state index is 13.8. The molecular weight excluding hydrogens is 596 g/mol. The highest BCUT2D eigenvalue weighted by Crippen LogP contribution is 2.34. The van der Waals surface area contributed by atoms with E-state index in [1.165, 1.54) is 18.0 Å². The molecule has 236 valence electrons. The maximum absolute atomic E-state index is 13.8. The molecule has 10 nitrogen and oxygen atoms in total. The van der Waals surface area contributed by atoms with Gasteiger partial charge in [0.15, 0.2) is 23.9 Å². The van der Waals surface area contributed by atoms with E-state index in [4.69, 9.17) is 23.6 Å². The van der Waals surface area contributed by atoms with Crippen molar-refractivity contribution in [3.63, 3.8) is 0 Å². The van der Waals surface area contributed by atoms with Crippen LogP contribution >= 0.6 is 0 Å². The standard InChI is InChI=1S/C37H32N4O6/c1-5-11-25-18-24(19-32(45-4)35(25)46-22-34(42)39-28-14-8-6-12-23(28)2)21-38-41-36(40-29-15-9-7-13-26(29)37(41)43)33-20-27-30(44-3)16-10-17-31(27)47-33/h5-10,12-21H,1,11,22H2,2-4H3,(H,39,42). The summed E-state index contributed by atoms with van der Waals surface area (Å²) in [6.45, 7) is 5.56. The minimum atomic E-state index is -0.368. The molecule has 0 radical (unpaired) electrons. The van der Waals surface area contributed by atoms with Gasteiger partial charge in [0.2, 0.25) is 5.82 Å². The molecular formula is C37H32N4O6. The molecule has 6 rings (SSSR count). The normalized spacial score (nSPS) is 11.2. The first-order valence-electron chi connectivity index (χ1n) is 14.8. The van der Waals surface area contributed by atoms with Crippen LogP contribution in [0.25, 0.3) is 33.5 Å². The van der Waals surface area contributed by atoms with Gasteiger partial charge in [0, 0.05) is 11.3 Å². The van der Waals surface area contributed by atoms with E-state index in [9.17, 15) is 9.59 Å². The predicted octanol–water partition coefficient (Wildman–Crippen LogP) is 6.76. The first kappa shape index (κ1) is 30.8. The number of benzene rings is 4. The Kier molecular flexibility index (Phi) is 8.83. The highest BCUT2D eigenvalue weighted by Gasteiger charge is 2.19. The van der Waals surface area contributed by atoms with Gasteiger partial charge < -0.3 is 23.9 Å². The fourth-order valence-corrected chi connectivity index (χ4v) is 5.25. The van der Waals surface area contributed by atoms with Crippen LogP contribution in [0.4, 0.5) is 5.69 Å². The molecule has 6 aromatic rings. The van der Waals surface area contributed by atoms with Crippen molar-refractivity contribution in [1.29, 1.82) is 0 Å². The smallest absolute Gasteiger partial charge is 0.282 e. The fourth-order valence-electron chi connectivity index (χ4n) is 5.25. The second-order valence-electron chi connectivity index (χ2n) is 10.7. The number of carbonyl (C=O) groups is 1. The average Bonchev–Trinajstić information content (AvgIpc) is 3.53. The quantitative estimate of drug-likeness (QED) is 0.124. The molecule has 0 aliphatic heterocycles. The number of nitrogens with one attached hydrogen (secondary N) is 1. The minimum absolute atomic E-state index is 0.223. The SMILES string of the molecule is C=CCc1cc(C=Nn2c(-c3cc4c(OC)cccc4o3)nc3ccccc3c2=O)cc(OC)c1OCC(=O)Nc1ccccc1C. The molecule has 1 amide bonds. The first-order valence-corrected chi connectivity index (χ1v) is 14.8. The number of carbonyl (C=O) groups excluding carboxylic acids is 1. The van der Waals surface area contributed by atoms with Crippen molar-refractivity contribution in [3.8, 4) is 28.8 Å². The van der Waals surface area contributed by atoms with E-state index in [0.717, 1.165) is 16.5 Å². The van der Waals surface area contributed by atoms with Gasteiger partial charge in [-0.05, 0) is 73.0 Å². The summed E-state index contributed by atoms with van der Waals surface area (Å²) in [6, 6.07) is 25.4. The Bertz CT molecular complexity index is 2220. The Morgan fingerprint density at radius 3 is 2.55 bits per heavy atom. The molecule has 2 heterocycles. The number of para-hydroxylation sites is 2. The van der Waals surface area contributed by atoms with Crippen molar-refractivity contribution in [2.24, 2.45) is 5.10 Å². The van der Waals surface area contributed by atoms with Gasteiger partial charge in [0.25, 0.3) is 11.5 Å². The number of nitrogens with zero attached hydrogens (tertiary/aromatic N) is 3. The molecule has 0 saturated heterocycles. The highest BCUT2D eigenvalue weighted by molar-refractivity contribution is 5.93. The van der Waals surface area contributed by atoms with Gasteiger partial charge in [-0.1, -0.05) is 42.5 Å². The first-order chi connectivity index (χ1) is 22.9. The van der Waals surface area contributed by atoms with Crippen molar-refractivity contribution in [3.05, 3.63) is 125 Å². The number of anilines is 1. The van der Waals surface area contributed by atoms with Crippen molar-refractivity contribution in [2.45, 2.75) is 13.3 Å². The number of methoxy groups -OCH3 is 2. The zero-order valence-corrected chi connectivity index (χ0v) is 26.2. The molecule has 1 N–H and O–H groups in total. The lowest BCUT2D eigenvalue weighted by molar-refractivity contribution is -0.118. The van der Waals surface area contributed by atoms with Crippen molar-refractivity contribution >= 4 is 39.7 Å². The summed E-state index contributed by atoms with van der Waals surface area (Å²) < 4.78 is 24.5. The molecule has 2 aromatic heterocycles. The van der Waals surface area contributed by atoms with Crippen LogP contribution in [0.3, 0.4) is 0 Å². The third kappa shape index (κ3) is 6.34. The van der Waals surface area contributed by atoms with E-state index in [2.05, 4.69) is 17.0 Å². The average molecular weight is 629 g/mol. The summed E-state index contributed by atoms with van der Waals surface area (Å²) in [5, 5.41) is 8.60. The van der Waals surface area contributed by atoms with Crippen LogP contribution in [0.15, 0.2) is 112 Å². The zero-order valence-electron chi connectivity index (χ0n) is 26.2. The van der Waals surface area contributed by atoms with Gasteiger partial charge in [-0.25, -0.2) is 4.98 Å². The number of aromatic nitrogens is 2. The van der Waals surface area contributed by atoms with Crippen molar-refractivity contribution in [2.75, 3.05) is 26.1 Å². The van der Waals surface area contributed by atoms with E-state index in [1.54, 1.807) is 43.5 Å². The third-order valence-electron chi connectivity index (χ3n) is 7.54. The van der Waals surface area contributed by atoms with Gasteiger partial charge in [-0.15, -0.1) is 6.58 Å². The molecule has 0 bridgehead atoms. The fraction of sp³-hybridized carbons (Fsp3) is 0.135. The second kappa shape index (κ2) is 13.5. The molecule has 0 atom stereocenters. The van der Waals surface area contributed by atoms with Gasteiger partial charge in [0.1, 0.15) is 11.3 Å². The lowest BCUT2D eigenvalue weighted by Crippen LogP contribution is -2.21. The van der Waals surface area contributed by atoms with Crippen LogP contribution < -0.4 is 25.1 Å². The van der Waals surface area contributed by atoms with Gasteiger partial charge in [0.05, 0.1) is 36.7 Å². The van der Waals surface area contributed by atoms with E-state index < -0.39 is 0 Å². The van der Waals surface area contributed by atoms with E-state index >= 15 is 0 Å². The molecule has 0 unspecified atom stereocenters. The van der Waals surface area contributed by atoms with Crippen LogP contribution in [-0.2, 0) is 11.2 Å². The number of aryl methyl sites for hydroxylation is 1.